The average Bonchev–Trinajstić information content (AvgIpc) is 3.83. The van der Waals surface area contributed by atoms with E-state index in [1.807, 2.05) is 12.1 Å². The first-order chi connectivity index (χ1) is 25.5. The molecule has 0 radical (unpaired) electrons. The van der Waals surface area contributed by atoms with Crippen LogP contribution in [0.25, 0.3) is 76.9 Å². The predicted molar refractivity (Wildman–Crippen MR) is 216 cm³/mol. The van der Waals surface area contributed by atoms with Crippen molar-refractivity contribution >= 4 is 71.7 Å². The number of fused-ring (bicyclic) bond motifs is 11. The molecule has 8 aromatic carbocycles. The van der Waals surface area contributed by atoms with E-state index in [9.17, 15) is 0 Å². The number of hydrogen-bond acceptors (Lipinski definition) is 3. The largest absolute Gasteiger partial charge is 0.456 e. The highest BCUT2D eigenvalue weighted by Crippen LogP contribution is 2.51. The Kier molecular flexibility index (Phi) is 6.01. The summed E-state index contributed by atoms with van der Waals surface area (Å²) in [4.78, 5) is 2.35. The van der Waals surface area contributed by atoms with Crippen molar-refractivity contribution in [1.82, 2.24) is 0 Å². The maximum Gasteiger partial charge on any atom is 0.143 e. The molecule has 0 saturated heterocycles. The van der Waals surface area contributed by atoms with Gasteiger partial charge in [-0.2, -0.15) is 0 Å². The molecule has 3 heteroatoms. The first-order valence-corrected chi connectivity index (χ1v) is 17.9. The van der Waals surface area contributed by atoms with Crippen LogP contribution in [0.15, 0.2) is 173 Å². The molecule has 0 atom stereocenters. The van der Waals surface area contributed by atoms with E-state index in [1.165, 1.54) is 27.6 Å². The summed E-state index contributed by atoms with van der Waals surface area (Å²) in [6.45, 7) is 4.66. The second kappa shape index (κ2) is 10.7. The Morgan fingerprint density at radius 3 is 1.94 bits per heavy atom. The summed E-state index contributed by atoms with van der Waals surface area (Å²) in [5.41, 5.74) is 14.3. The van der Waals surface area contributed by atoms with Crippen molar-refractivity contribution in [2.75, 3.05) is 4.90 Å². The number of para-hydroxylation sites is 2. The fourth-order valence-corrected chi connectivity index (χ4v) is 8.69. The van der Waals surface area contributed by atoms with Crippen LogP contribution in [0.5, 0.6) is 0 Å². The molecule has 0 N–H and O–H groups in total. The van der Waals surface area contributed by atoms with E-state index in [0.717, 1.165) is 77.5 Å². The number of furan rings is 2. The molecule has 0 amide bonds. The van der Waals surface area contributed by atoms with E-state index in [1.54, 1.807) is 0 Å². The smallest absolute Gasteiger partial charge is 0.143 e. The number of hydrogen-bond donors (Lipinski definition) is 0. The fourth-order valence-electron chi connectivity index (χ4n) is 8.69. The number of nitrogens with zero attached hydrogens (tertiary/aromatic N) is 1. The van der Waals surface area contributed by atoms with Crippen LogP contribution in [0.1, 0.15) is 25.0 Å². The lowest BCUT2D eigenvalue weighted by Gasteiger charge is -2.27. The van der Waals surface area contributed by atoms with Crippen LogP contribution in [0.2, 0.25) is 0 Å². The van der Waals surface area contributed by atoms with Gasteiger partial charge in [-0.15, -0.1) is 0 Å². The standard InChI is InChI=1S/C49H33NO2/c1-49(2)43-16-7-5-12-37(43)42-28-33(24-27-44(42)49)50(34-23-26-39-38-13-6-8-17-45(38)51-46(39)29-34)32-21-18-31(19-22-32)36-14-9-15-40-41-25-20-30-10-3-4-11-35(30)48(41)52-47(36)40/h3-29H,1-2H3. The van der Waals surface area contributed by atoms with Gasteiger partial charge in [-0.05, 0) is 81.7 Å². The molecule has 0 saturated carbocycles. The summed E-state index contributed by atoms with van der Waals surface area (Å²) in [6.07, 6.45) is 0. The zero-order valence-electron chi connectivity index (χ0n) is 28.9. The second-order valence-corrected chi connectivity index (χ2v) is 14.5. The van der Waals surface area contributed by atoms with Crippen LogP contribution in [0.4, 0.5) is 17.1 Å². The highest BCUT2D eigenvalue weighted by atomic mass is 16.3. The molecule has 246 valence electrons. The Bertz CT molecular complexity index is 3050. The Morgan fingerprint density at radius 2 is 1.04 bits per heavy atom. The Hall–Kier alpha value is -6.58. The predicted octanol–water partition coefficient (Wildman–Crippen LogP) is 14.1. The lowest BCUT2D eigenvalue weighted by Crippen LogP contribution is -2.15. The normalized spacial score (nSPS) is 13.3. The molecular weight excluding hydrogens is 635 g/mol. The van der Waals surface area contributed by atoms with E-state index in [-0.39, 0.29) is 5.41 Å². The lowest BCUT2D eigenvalue weighted by atomic mass is 9.82. The van der Waals surface area contributed by atoms with Crippen molar-refractivity contribution in [2.45, 2.75) is 19.3 Å². The number of anilines is 3. The number of benzene rings is 8. The zero-order chi connectivity index (χ0) is 34.6. The Labute approximate surface area is 301 Å². The van der Waals surface area contributed by atoms with E-state index < -0.39 is 0 Å². The van der Waals surface area contributed by atoms with Gasteiger partial charge in [0.1, 0.15) is 22.3 Å². The molecule has 1 aliphatic carbocycles. The van der Waals surface area contributed by atoms with Gasteiger partial charge in [0.15, 0.2) is 0 Å². The summed E-state index contributed by atoms with van der Waals surface area (Å²) in [6, 6.07) is 58.7. The monoisotopic (exact) mass is 667 g/mol. The van der Waals surface area contributed by atoms with E-state index in [4.69, 9.17) is 8.83 Å². The number of rotatable bonds is 4. The Morgan fingerprint density at radius 1 is 0.404 bits per heavy atom. The van der Waals surface area contributed by atoms with E-state index in [0.29, 0.717) is 0 Å². The summed E-state index contributed by atoms with van der Waals surface area (Å²) < 4.78 is 13.1. The van der Waals surface area contributed by atoms with Gasteiger partial charge < -0.3 is 13.7 Å². The van der Waals surface area contributed by atoms with Crippen LogP contribution < -0.4 is 4.90 Å². The van der Waals surface area contributed by atoms with Crippen molar-refractivity contribution < 1.29 is 8.83 Å². The van der Waals surface area contributed by atoms with Gasteiger partial charge in [-0.1, -0.05) is 123 Å². The first-order valence-electron chi connectivity index (χ1n) is 17.9. The minimum Gasteiger partial charge on any atom is -0.456 e. The highest BCUT2D eigenvalue weighted by Gasteiger charge is 2.35. The second-order valence-electron chi connectivity index (χ2n) is 14.5. The SMILES string of the molecule is CC1(C)c2ccccc2-c2cc(N(c3ccc(-c4cccc5c4oc4c6ccccc6ccc54)cc3)c3ccc4c(c3)oc3ccccc34)ccc21. The first kappa shape index (κ1) is 29.2. The van der Waals surface area contributed by atoms with Crippen LogP contribution in [-0.2, 0) is 5.41 Å². The minimum absolute atomic E-state index is 0.0614. The summed E-state index contributed by atoms with van der Waals surface area (Å²) in [5.74, 6) is 0. The molecule has 0 aliphatic heterocycles. The Balaban J connectivity index is 1.07. The molecule has 0 unspecified atom stereocenters. The van der Waals surface area contributed by atoms with Gasteiger partial charge in [0.05, 0.1) is 0 Å². The van der Waals surface area contributed by atoms with Crippen molar-refractivity contribution in [3.8, 4) is 22.3 Å². The van der Waals surface area contributed by atoms with Crippen molar-refractivity contribution in [1.29, 1.82) is 0 Å². The molecule has 3 nitrogen and oxygen atoms in total. The maximum atomic E-state index is 6.70. The summed E-state index contributed by atoms with van der Waals surface area (Å²) in [5, 5.41) is 6.83. The van der Waals surface area contributed by atoms with Gasteiger partial charge in [0.2, 0.25) is 0 Å². The summed E-state index contributed by atoms with van der Waals surface area (Å²) in [7, 11) is 0. The minimum atomic E-state index is -0.0614. The topological polar surface area (TPSA) is 29.5 Å². The van der Waals surface area contributed by atoms with Crippen molar-refractivity contribution in [2.24, 2.45) is 0 Å². The maximum absolute atomic E-state index is 6.70. The molecule has 2 aromatic heterocycles. The van der Waals surface area contributed by atoms with Gasteiger partial charge in [-0.25, -0.2) is 0 Å². The highest BCUT2D eigenvalue weighted by molar-refractivity contribution is 6.17. The van der Waals surface area contributed by atoms with Gasteiger partial charge >= 0.3 is 0 Å². The van der Waals surface area contributed by atoms with E-state index >= 15 is 0 Å². The average molecular weight is 668 g/mol. The van der Waals surface area contributed by atoms with Crippen LogP contribution in [0.3, 0.4) is 0 Å². The van der Waals surface area contributed by atoms with Crippen LogP contribution in [0, 0.1) is 0 Å². The molecule has 0 spiro atoms. The molecule has 52 heavy (non-hydrogen) atoms. The summed E-state index contributed by atoms with van der Waals surface area (Å²) >= 11 is 0. The van der Waals surface area contributed by atoms with E-state index in [2.05, 4.69) is 170 Å². The third-order valence-electron chi connectivity index (χ3n) is 11.3. The molecule has 1 aliphatic rings. The third-order valence-corrected chi connectivity index (χ3v) is 11.3. The van der Waals surface area contributed by atoms with Gasteiger partial charge in [-0.3, -0.25) is 0 Å². The third kappa shape index (κ3) is 4.14. The quantitative estimate of drug-likeness (QED) is 0.187. The molecule has 0 bridgehead atoms. The molecular formula is C49H33NO2. The molecule has 2 heterocycles. The van der Waals surface area contributed by atoms with Crippen LogP contribution >= 0.6 is 0 Å². The van der Waals surface area contributed by atoms with Gasteiger partial charge in [0.25, 0.3) is 0 Å². The zero-order valence-corrected chi connectivity index (χ0v) is 28.9. The fraction of sp³-hybridized carbons (Fsp3) is 0.0612. The molecule has 11 rings (SSSR count). The molecule has 0 fully saturated rings. The van der Waals surface area contributed by atoms with Gasteiger partial charge in [0, 0.05) is 61.0 Å². The van der Waals surface area contributed by atoms with Crippen molar-refractivity contribution in [3.05, 3.63) is 175 Å². The molecule has 10 aromatic rings. The van der Waals surface area contributed by atoms with Crippen LogP contribution in [-0.4, -0.2) is 0 Å². The lowest BCUT2D eigenvalue weighted by molar-refractivity contribution is 0.660. The van der Waals surface area contributed by atoms with Crippen molar-refractivity contribution in [3.63, 3.8) is 0 Å².